The van der Waals surface area contributed by atoms with Crippen LogP contribution in [0.5, 0.6) is 0 Å². The normalized spacial score (nSPS) is 27.0. The van der Waals surface area contributed by atoms with Crippen molar-refractivity contribution in [2.24, 2.45) is 0 Å². The van der Waals surface area contributed by atoms with Crippen LogP contribution < -0.4 is 5.32 Å². The topological polar surface area (TPSA) is 32.3 Å². The van der Waals surface area contributed by atoms with Crippen LogP contribution in [0.3, 0.4) is 0 Å². The summed E-state index contributed by atoms with van der Waals surface area (Å²) in [6, 6.07) is -0.0694. The zero-order chi connectivity index (χ0) is 8.86. The molecule has 0 bridgehead atoms. The Balaban J connectivity index is 3.01. The molecule has 2 amide bonds. The zero-order valence-electron chi connectivity index (χ0n) is 7.23. The number of carbonyl (C=O) groups excluding carboxylic acids is 1. The van der Waals surface area contributed by atoms with Gasteiger partial charge in [0.1, 0.15) is 0 Å². The molecule has 1 rings (SSSR count). The minimum atomic E-state index is -0.190. The maximum absolute atomic E-state index is 11.2. The van der Waals surface area contributed by atoms with Crippen LogP contribution in [0.1, 0.15) is 27.7 Å². The van der Waals surface area contributed by atoms with Gasteiger partial charge in [0.15, 0.2) is 0 Å². The van der Waals surface area contributed by atoms with Crippen molar-refractivity contribution in [2.45, 2.75) is 38.8 Å². The lowest BCUT2D eigenvalue weighted by Crippen LogP contribution is -2.50. The molecule has 0 atom stereocenters. The SMILES string of the molecule is CC1(C)NC(=O)N(Br)C1(C)C. The Labute approximate surface area is 75.5 Å². The van der Waals surface area contributed by atoms with E-state index in [1.165, 1.54) is 0 Å². The number of nitrogens with zero attached hydrogens (tertiary/aromatic N) is 1. The van der Waals surface area contributed by atoms with E-state index < -0.39 is 0 Å². The second-order valence-corrected chi connectivity index (χ2v) is 4.60. The van der Waals surface area contributed by atoms with Gasteiger partial charge in [-0.05, 0) is 27.7 Å². The Morgan fingerprint density at radius 3 is 1.91 bits per heavy atom. The summed E-state index contributed by atoms with van der Waals surface area (Å²) in [5.41, 5.74) is -0.377. The molecule has 3 nitrogen and oxygen atoms in total. The lowest BCUT2D eigenvalue weighted by atomic mass is 9.85. The molecular weight excluding hydrogens is 208 g/mol. The standard InChI is InChI=1S/C7H13BrN2O/c1-6(2)7(3,4)10(8)5(11)9-6/h1-4H3,(H,9,11). The van der Waals surface area contributed by atoms with Crippen molar-refractivity contribution < 1.29 is 4.79 Å². The van der Waals surface area contributed by atoms with Crippen LogP contribution in [0.15, 0.2) is 0 Å². The van der Waals surface area contributed by atoms with E-state index >= 15 is 0 Å². The highest BCUT2D eigenvalue weighted by atomic mass is 79.9. The van der Waals surface area contributed by atoms with E-state index in [0.29, 0.717) is 0 Å². The fourth-order valence-corrected chi connectivity index (χ4v) is 1.50. The third-order valence-corrected chi connectivity index (χ3v) is 3.83. The summed E-state index contributed by atoms with van der Waals surface area (Å²) in [5, 5.41) is 2.87. The van der Waals surface area contributed by atoms with E-state index in [1.807, 2.05) is 27.7 Å². The molecule has 0 aliphatic carbocycles. The number of nitrogens with one attached hydrogen (secondary N) is 1. The van der Waals surface area contributed by atoms with Gasteiger partial charge in [0, 0.05) is 0 Å². The molecule has 1 heterocycles. The summed E-state index contributed by atoms with van der Waals surface area (Å²) < 4.78 is 1.56. The summed E-state index contributed by atoms with van der Waals surface area (Å²) in [4.78, 5) is 11.2. The smallest absolute Gasteiger partial charge is 0.328 e. The maximum atomic E-state index is 11.2. The average Bonchev–Trinajstić information content (AvgIpc) is 1.93. The van der Waals surface area contributed by atoms with E-state index in [4.69, 9.17) is 0 Å². The molecule has 11 heavy (non-hydrogen) atoms. The molecule has 0 unspecified atom stereocenters. The summed E-state index contributed by atoms with van der Waals surface area (Å²) in [6.07, 6.45) is 0. The van der Waals surface area contributed by atoms with Crippen LogP contribution in [-0.4, -0.2) is 21.0 Å². The van der Waals surface area contributed by atoms with E-state index in [-0.39, 0.29) is 17.1 Å². The highest BCUT2D eigenvalue weighted by Crippen LogP contribution is 2.35. The first-order valence-corrected chi connectivity index (χ1v) is 4.28. The third-order valence-electron chi connectivity index (χ3n) is 2.62. The van der Waals surface area contributed by atoms with E-state index in [0.717, 1.165) is 0 Å². The van der Waals surface area contributed by atoms with Gasteiger partial charge in [-0.15, -0.1) is 0 Å². The summed E-state index contributed by atoms with van der Waals surface area (Å²) in [5.74, 6) is 0. The van der Waals surface area contributed by atoms with Gasteiger partial charge in [-0.2, -0.15) is 0 Å². The minimum absolute atomic E-state index is 0.0694. The molecule has 1 N–H and O–H groups in total. The molecule has 0 aromatic carbocycles. The van der Waals surface area contributed by atoms with Crippen LogP contribution in [0.25, 0.3) is 0 Å². The van der Waals surface area contributed by atoms with E-state index in [2.05, 4.69) is 21.5 Å². The van der Waals surface area contributed by atoms with Crippen molar-refractivity contribution >= 4 is 22.2 Å². The zero-order valence-corrected chi connectivity index (χ0v) is 8.82. The monoisotopic (exact) mass is 220 g/mol. The van der Waals surface area contributed by atoms with Crippen LogP contribution in [0, 0.1) is 0 Å². The maximum Gasteiger partial charge on any atom is 0.328 e. The van der Waals surface area contributed by atoms with Crippen LogP contribution in [-0.2, 0) is 0 Å². The molecule has 1 fully saturated rings. The molecule has 64 valence electrons. The second-order valence-electron chi connectivity index (χ2n) is 3.90. The largest absolute Gasteiger partial charge is 0.330 e. The van der Waals surface area contributed by atoms with Gasteiger partial charge < -0.3 is 5.32 Å². The van der Waals surface area contributed by atoms with Crippen molar-refractivity contribution in [1.29, 1.82) is 0 Å². The first kappa shape index (κ1) is 8.84. The predicted molar refractivity (Wildman–Crippen MR) is 47.5 cm³/mol. The second kappa shape index (κ2) is 2.12. The first-order valence-electron chi connectivity index (χ1n) is 3.57. The van der Waals surface area contributed by atoms with Crippen molar-refractivity contribution in [3.63, 3.8) is 0 Å². The molecule has 0 saturated carbocycles. The van der Waals surface area contributed by atoms with Crippen molar-refractivity contribution in [3.8, 4) is 0 Å². The van der Waals surface area contributed by atoms with Gasteiger partial charge in [0.25, 0.3) is 0 Å². The molecule has 0 aromatic heterocycles. The third kappa shape index (κ3) is 1.04. The summed E-state index contributed by atoms with van der Waals surface area (Å²) in [6.45, 7) is 8.04. The van der Waals surface area contributed by atoms with Gasteiger partial charge in [-0.3, -0.25) is 3.93 Å². The Morgan fingerprint density at radius 1 is 1.36 bits per heavy atom. The van der Waals surface area contributed by atoms with Gasteiger partial charge >= 0.3 is 6.03 Å². The number of urea groups is 1. The lowest BCUT2D eigenvalue weighted by molar-refractivity contribution is 0.217. The highest BCUT2D eigenvalue weighted by molar-refractivity contribution is 9.07. The molecule has 1 aliphatic heterocycles. The van der Waals surface area contributed by atoms with Gasteiger partial charge in [-0.1, -0.05) is 0 Å². The van der Waals surface area contributed by atoms with Crippen molar-refractivity contribution in [3.05, 3.63) is 0 Å². The van der Waals surface area contributed by atoms with Crippen LogP contribution in [0.4, 0.5) is 4.79 Å². The molecule has 0 radical (unpaired) electrons. The minimum Gasteiger partial charge on any atom is -0.330 e. The lowest BCUT2D eigenvalue weighted by Gasteiger charge is -2.35. The first-order chi connectivity index (χ1) is 4.79. The fourth-order valence-electron chi connectivity index (χ4n) is 0.969. The van der Waals surface area contributed by atoms with Crippen molar-refractivity contribution in [2.75, 3.05) is 0 Å². The number of halogens is 1. The molecule has 4 heteroatoms. The summed E-state index contributed by atoms with van der Waals surface area (Å²) in [7, 11) is 0. The van der Waals surface area contributed by atoms with Crippen LogP contribution in [0.2, 0.25) is 0 Å². The van der Waals surface area contributed by atoms with Gasteiger partial charge in [-0.25, -0.2) is 4.79 Å². The fraction of sp³-hybridized carbons (Fsp3) is 0.857. The Bertz CT molecular complexity index is 201. The Kier molecular flexibility index (Phi) is 1.71. The molecule has 0 spiro atoms. The Morgan fingerprint density at radius 2 is 1.82 bits per heavy atom. The number of hydrogen-bond acceptors (Lipinski definition) is 1. The summed E-state index contributed by atoms with van der Waals surface area (Å²) >= 11 is 3.22. The molecule has 0 aromatic rings. The van der Waals surface area contributed by atoms with Crippen LogP contribution >= 0.6 is 16.1 Å². The highest BCUT2D eigenvalue weighted by Gasteiger charge is 2.50. The number of rotatable bonds is 0. The molecular formula is C7H13BrN2O. The van der Waals surface area contributed by atoms with E-state index in [9.17, 15) is 4.79 Å². The average molecular weight is 221 g/mol. The number of hydrogen-bond donors (Lipinski definition) is 1. The molecule has 1 aliphatic rings. The Hall–Kier alpha value is -0.250. The van der Waals surface area contributed by atoms with E-state index in [1.54, 1.807) is 3.93 Å². The van der Waals surface area contributed by atoms with Gasteiger partial charge in [0.05, 0.1) is 27.2 Å². The molecule has 1 saturated heterocycles. The number of carbonyl (C=O) groups is 1. The quantitative estimate of drug-likeness (QED) is 0.622. The van der Waals surface area contributed by atoms with Gasteiger partial charge in [0.2, 0.25) is 0 Å². The number of amides is 2. The predicted octanol–water partition coefficient (Wildman–Crippen LogP) is 1.88. The van der Waals surface area contributed by atoms with Crippen molar-refractivity contribution in [1.82, 2.24) is 9.24 Å².